The molecule has 0 saturated carbocycles. The molecular weight excluding hydrogens is 318 g/mol. The molecule has 3 heterocycles. The number of hydrogen-bond acceptors (Lipinski definition) is 6. The highest BCUT2D eigenvalue weighted by Crippen LogP contribution is 2.21. The minimum Gasteiger partial charge on any atom is -0.349 e. The third-order valence-electron chi connectivity index (χ3n) is 4.53. The smallest absolute Gasteiger partial charge is 0.290 e. The second-order valence-corrected chi connectivity index (χ2v) is 6.25. The summed E-state index contributed by atoms with van der Waals surface area (Å²) in [7, 11) is 0. The van der Waals surface area contributed by atoms with E-state index >= 15 is 0 Å². The molecule has 25 heavy (non-hydrogen) atoms. The Kier molecular flexibility index (Phi) is 4.13. The van der Waals surface area contributed by atoms with Crippen LogP contribution in [0.4, 0.5) is 0 Å². The number of nitrogens with zero attached hydrogens (tertiary/aromatic N) is 4. The molecule has 4 rings (SSSR count). The number of amides is 1. The minimum atomic E-state index is -0.301. The van der Waals surface area contributed by atoms with Crippen LogP contribution in [0, 0.1) is 6.92 Å². The Balaban J connectivity index is 1.42. The first-order chi connectivity index (χ1) is 12.2. The zero-order valence-corrected chi connectivity index (χ0v) is 14.1. The third kappa shape index (κ3) is 3.09. The summed E-state index contributed by atoms with van der Waals surface area (Å²) in [6.07, 6.45) is 6.70. The molecule has 0 unspecified atom stereocenters. The normalized spacial score (nSPS) is 13.6. The molecule has 0 saturated heterocycles. The standard InChI is InChI=1S/C18H19N5O2/c1-11-12-5-2-3-7-14(12)22-15(21-11)8-10-20-18(24)16-13-6-4-9-19-17(13)23-25-16/h4,6,9H,2-3,5,7-8,10H2,1H3,(H,20,24). The van der Waals surface area contributed by atoms with Gasteiger partial charge in [0, 0.05) is 30.6 Å². The van der Waals surface area contributed by atoms with Gasteiger partial charge < -0.3 is 9.84 Å². The van der Waals surface area contributed by atoms with Gasteiger partial charge in [0.15, 0.2) is 0 Å². The molecule has 0 atom stereocenters. The Morgan fingerprint density at radius 2 is 2.16 bits per heavy atom. The minimum absolute atomic E-state index is 0.186. The second-order valence-electron chi connectivity index (χ2n) is 6.25. The summed E-state index contributed by atoms with van der Waals surface area (Å²) < 4.78 is 5.12. The van der Waals surface area contributed by atoms with Gasteiger partial charge in [-0.05, 0) is 50.3 Å². The van der Waals surface area contributed by atoms with Crippen LogP contribution >= 0.6 is 0 Å². The van der Waals surface area contributed by atoms with Gasteiger partial charge in [0.25, 0.3) is 5.91 Å². The molecule has 1 aliphatic carbocycles. The third-order valence-corrected chi connectivity index (χ3v) is 4.53. The molecule has 0 aromatic carbocycles. The van der Waals surface area contributed by atoms with Crippen molar-refractivity contribution in [2.45, 2.75) is 39.0 Å². The van der Waals surface area contributed by atoms with Gasteiger partial charge in [-0.3, -0.25) is 4.79 Å². The van der Waals surface area contributed by atoms with Crippen molar-refractivity contribution >= 4 is 16.9 Å². The lowest BCUT2D eigenvalue weighted by Gasteiger charge is -2.17. The topological polar surface area (TPSA) is 93.8 Å². The molecule has 0 aliphatic heterocycles. The van der Waals surface area contributed by atoms with Crippen LogP contribution in [0.1, 0.15) is 46.2 Å². The van der Waals surface area contributed by atoms with Gasteiger partial charge in [-0.1, -0.05) is 5.16 Å². The second kappa shape index (κ2) is 6.58. The summed E-state index contributed by atoms with van der Waals surface area (Å²) in [5.74, 6) is 0.665. The molecule has 7 nitrogen and oxygen atoms in total. The number of pyridine rings is 1. The lowest BCUT2D eigenvalue weighted by Crippen LogP contribution is -2.26. The lowest BCUT2D eigenvalue weighted by molar-refractivity contribution is 0.0919. The maximum absolute atomic E-state index is 12.3. The van der Waals surface area contributed by atoms with Crippen LogP contribution in [-0.2, 0) is 19.3 Å². The van der Waals surface area contributed by atoms with Crippen molar-refractivity contribution in [3.05, 3.63) is 46.9 Å². The molecule has 7 heteroatoms. The zero-order valence-electron chi connectivity index (χ0n) is 14.1. The van der Waals surface area contributed by atoms with Gasteiger partial charge in [-0.25, -0.2) is 15.0 Å². The van der Waals surface area contributed by atoms with Gasteiger partial charge in [-0.15, -0.1) is 0 Å². The van der Waals surface area contributed by atoms with Crippen LogP contribution in [0.2, 0.25) is 0 Å². The van der Waals surface area contributed by atoms with E-state index in [1.165, 1.54) is 24.1 Å². The lowest BCUT2D eigenvalue weighted by atomic mass is 9.95. The fourth-order valence-corrected chi connectivity index (χ4v) is 3.27. The highest BCUT2D eigenvalue weighted by Gasteiger charge is 2.18. The summed E-state index contributed by atoms with van der Waals surface area (Å²) in [4.78, 5) is 25.6. The first-order valence-corrected chi connectivity index (χ1v) is 8.56. The first-order valence-electron chi connectivity index (χ1n) is 8.56. The summed E-state index contributed by atoms with van der Waals surface area (Å²) in [5, 5.41) is 7.25. The Morgan fingerprint density at radius 3 is 3.08 bits per heavy atom. The maximum Gasteiger partial charge on any atom is 0.290 e. The molecule has 1 aliphatic rings. The van der Waals surface area contributed by atoms with Crippen LogP contribution in [0.3, 0.4) is 0 Å². The van der Waals surface area contributed by atoms with Crippen molar-refractivity contribution in [2.75, 3.05) is 6.54 Å². The Morgan fingerprint density at radius 1 is 1.28 bits per heavy atom. The van der Waals surface area contributed by atoms with E-state index in [-0.39, 0.29) is 11.7 Å². The number of nitrogens with one attached hydrogen (secondary N) is 1. The SMILES string of the molecule is Cc1nc(CCNC(=O)c2onc3ncccc23)nc2c1CCCC2. The molecule has 0 bridgehead atoms. The molecule has 0 radical (unpaired) electrons. The molecular formula is C18H19N5O2. The fourth-order valence-electron chi connectivity index (χ4n) is 3.27. The van der Waals surface area contributed by atoms with Crippen LogP contribution in [0.25, 0.3) is 11.0 Å². The van der Waals surface area contributed by atoms with Crippen LogP contribution in [0.5, 0.6) is 0 Å². The summed E-state index contributed by atoms with van der Waals surface area (Å²) >= 11 is 0. The molecule has 3 aromatic heterocycles. The molecule has 0 spiro atoms. The van der Waals surface area contributed by atoms with Crippen LogP contribution < -0.4 is 5.32 Å². The van der Waals surface area contributed by atoms with Crippen molar-refractivity contribution in [3.63, 3.8) is 0 Å². The summed E-state index contributed by atoms with van der Waals surface area (Å²) in [6.45, 7) is 2.49. The number of hydrogen-bond donors (Lipinski definition) is 1. The van der Waals surface area contributed by atoms with Crippen molar-refractivity contribution in [1.82, 2.24) is 25.4 Å². The fraction of sp³-hybridized carbons (Fsp3) is 0.389. The van der Waals surface area contributed by atoms with Crippen LogP contribution in [-0.4, -0.2) is 32.6 Å². The predicted molar refractivity (Wildman–Crippen MR) is 91.3 cm³/mol. The van der Waals surface area contributed by atoms with E-state index in [9.17, 15) is 4.79 Å². The largest absolute Gasteiger partial charge is 0.349 e. The molecule has 128 valence electrons. The van der Waals surface area contributed by atoms with E-state index in [2.05, 4.69) is 25.4 Å². The average Bonchev–Trinajstić information content (AvgIpc) is 3.06. The Bertz CT molecular complexity index is 934. The molecule has 1 N–H and O–H groups in total. The van der Waals surface area contributed by atoms with Gasteiger partial charge >= 0.3 is 0 Å². The monoisotopic (exact) mass is 337 g/mol. The maximum atomic E-state index is 12.3. The van der Waals surface area contributed by atoms with Crippen molar-refractivity contribution < 1.29 is 9.32 Å². The predicted octanol–water partition coefficient (Wildman–Crippen LogP) is 2.17. The van der Waals surface area contributed by atoms with E-state index in [0.717, 1.165) is 24.4 Å². The number of aromatic nitrogens is 4. The van der Waals surface area contributed by atoms with Crippen molar-refractivity contribution in [1.29, 1.82) is 0 Å². The molecule has 1 amide bonds. The number of rotatable bonds is 4. The number of carbonyl (C=O) groups is 1. The Hall–Kier alpha value is -2.83. The van der Waals surface area contributed by atoms with Crippen molar-refractivity contribution in [3.8, 4) is 0 Å². The zero-order chi connectivity index (χ0) is 17.2. The van der Waals surface area contributed by atoms with Gasteiger partial charge in [0.2, 0.25) is 11.4 Å². The Labute approximate surface area is 144 Å². The van der Waals surface area contributed by atoms with Crippen molar-refractivity contribution in [2.24, 2.45) is 0 Å². The molecule has 0 fully saturated rings. The highest BCUT2D eigenvalue weighted by atomic mass is 16.5. The van der Waals surface area contributed by atoms with E-state index in [1.54, 1.807) is 18.3 Å². The van der Waals surface area contributed by atoms with E-state index in [1.807, 2.05) is 6.92 Å². The number of fused-ring (bicyclic) bond motifs is 2. The summed E-state index contributed by atoms with van der Waals surface area (Å²) in [5.41, 5.74) is 3.98. The van der Waals surface area contributed by atoms with E-state index in [0.29, 0.717) is 24.0 Å². The quantitative estimate of drug-likeness (QED) is 0.784. The number of aryl methyl sites for hydroxylation is 2. The van der Waals surface area contributed by atoms with E-state index in [4.69, 9.17) is 4.52 Å². The number of carbonyl (C=O) groups excluding carboxylic acids is 1. The van der Waals surface area contributed by atoms with Gasteiger partial charge in [-0.2, -0.15) is 0 Å². The summed E-state index contributed by atoms with van der Waals surface area (Å²) in [6, 6.07) is 3.52. The molecule has 3 aromatic rings. The van der Waals surface area contributed by atoms with Gasteiger partial charge in [0.05, 0.1) is 5.39 Å². The highest BCUT2D eigenvalue weighted by molar-refractivity contribution is 6.02. The average molecular weight is 337 g/mol. The van der Waals surface area contributed by atoms with E-state index < -0.39 is 0 Å². The van der Waals surface area contributed by atoms with Crippen LogP contribution in [0.15, 0.2) is 22.9 Å². The van der Waals surface area contributed by atoms with Gasteiger partial charge in [0.1, 0.15) is 5.82 Å². The first kappa shape index (κ1) is 15.7.